The summed E-state index contributed by atoms with van der Waals surface area (Å²) in [6.45, 7) is 15.2. The van der Waals surface area contributed by atoms with Gasteiger partial charge in [-0.1, -0.05) is 233 Å². The van der Waals surface area contributed by atoms with Gasteiger partial charge in [-0.2, -0.15) is 0 Å². The Labute approximate surface area is 433 Å². The van der Waals surface area contributed by atoms with Crippen LogP contribution in [-0.2, 0) is 18.9 Å². The summed E-state index contributed by atoms with van der Waals surface area (Å²) in [4.78, 5) is 4.55. The Hall–Kier alpha value is -0.400. The fraction of sp³-hybridized carbons (Fsp3) is 1.00. The predicted molar refractivity (Wildman–Crippen MR) is 294 cm³/mol. The topological polar surface area (TPSA) is 124 Å². The fourth-order valence-electron chi connectivity index (χ4n) is 10.9. The number of hydrogen-bond acceptors (Lipinski definition) is 10. The van der Waals surface area contributed by atoms with Gasteiger partial charge in [0, 0.05) is 52.5 Å². The quantitative estimate of drug-likeness (QED) is 0.0438. The van der Waals surface area contributed by atoms with Gasteiger partial charge in [0.15, 0.2) is 0 Å². The molecule has 10 heteroatoms. The smallest absolute Gasteiger partial charge is 0.115 e. The van der Waals surface area contributed by atoms with E-state index in [1.54, 1.807) is 0 Å². The van der Waals surface area contributed by atoms with Gasteiger partial charge in [-0.05, 0) is 38.5 Å². The molecule has 0 aromatic rings. The van der Waals surface area contributed by atoms with Crippen molar-refractivity contribution in [2.45, 2.75) is 321 Å². The van der Waals surface area contributed by atoms with E-state index in [1.807, 2.05) is 0 Å². The van der Waals surface area contributed by atoms with Crippen LogP contribution in [0.4, 0.5) is 0 Å². The van der Waals surface area contributed by atoms with Crippen molar-refractivity contribution in [2.24, 2.45) is 0 Å². The molecule has 2 aliphatic rings. The summed E-state index contributed by atoms with van der Waals surface area (Å²) in [5.74, 6) is 0. The predicted octanol–water partition coefficient (Wildman–Crippen LogP) is 13.5. The van der Waals surface area contributed by atoms with Gasteiger partial charge < -0.3 is 39.4 Å². The maximum Gasteiger partial charge on any atom is 0.115 e. The number of rotatable bonds is 54. The van der Waals surface area contributed by atoms with Crippen molar-refractivity contribution in [3.8, 4) is 0 Å². The molecule has 0 radical (unpaired) electrons. The average Bonchev–Trinajstić information content (AvgIpc) is 3.95. The van der Waals surface area contributed by atoms with Gasteiger partial charge in [-0.15, -0.1) is 0 Å². The van der Waals surface area contributed by atoms with Crippen molar-refractivity contribution >= 4 is 0 Å². The first-order chi connectivity index (χ1) is 34.3. The van der Waals surface area contributed by atoms with Crippen LogP contribution in [0.25, 0.3) is 0 Å². The maximum atomic E-state index is 11.1. The Kier molecular flexibility index (Phi) is 44.2. The summed E-state index contributed by atoms with van der Waals surface area (Å²) in [7, 11) is 0. The summed E-state index contributed by atoms with van der Waals surface area (Å²) in [5.41, 5.74) is 0. The van der Waals surface area contributed by atoms with E-state index in [9.17, 15) is 20.4 Å². The average molecular weight is 998 g/mol. The van der Waals surface area contributed by atoms with Crippen LogP contribution in [0.2, 0.25) is 0 Å². The molecule has 0 aliphatic carbocycles. The van der Waals surface area contributed by atoms with Crippen LogP contribution in [0, 0.1) is 0 Å². The molecule has 0 amide bonds. The molecule has 0 spiro atoms. The molecule has 0 aromatic carbocycles. The molecule has 2 heterocycles. The van der Waals surface area contributed by atoms with Crippen LogP contribution in [0.1, 0.15) is 272 Å². The third-order valence-corrected chi connectivity index (χ3v) is 15.3. The summed E-state index contributed by atoms with van der Waals surface area (Å²) in [6, 6.07) is 0. The minimum absolute atomic E-state index is 0.132. The molecule has 0 bridgehead atoms. The largest absolute Gasteiger partial charge is 0.392 e. The second-order valence-electron chi connectivity index (χ2n) is 22.3. The first-order valence-electron chi connectivity index (χ1n) is 30.9. The molecule has 0 saturated carbocycles. The van der Waals surface area contributed by atoms with Crippen LogP contribution in [0.5, 0.6) is 0 Å². The van der Waals surface area contributed by atoms with E-state index in [1.165, 1.54) is 180 Å². The minimum Gasteiger partial charge on any atom is -0.392 e. The van der Waals surface area contributed by atoms with E-state index in [0.717, 1.165) is 77.3 Å². The lowest BCUT2D eigenvalue weighted by Crippen LogP contribution is -2.39. The minimum atomic E-state index is -0.375. The molecular formula is C60H120N2O8. The third-order valence-electron chi connectivity index (χ3n) is 15.3. The highest BCUT2D eigenvalue weighted by molar-refractivity contribution is 4.96. The molecule has 2 saturated heterocycles. The van der Waals surface area contributed by atoms with Crippen LogP contribution in [0.3, 0.4) is 0 Å². The third kappa shape index (κ3) is 35.7. The molecule has 0 aromatic heterocycles. The Balaban J connectivity index is 1.78. The number of nitrogens with zero attached hydrogens (tertiary/aromatic N) is 2. The molecule has 2 fully saturated rings. The highest BCUT2D eigenvalue weighted by atomic mass is 16.6. The summed E-state index contributed by atoms with van der Waals surface area (Å²) >= 11 is 0. The Bertz CT molecular complexity index is 953. The van der Waals surface area contributed by atoms with E-state index < -0.39 is 0 Å². The van der Waals surface area contributed by atoms with Gasteiger partial charge in [0.05, 0.1) is 37.6 Å². The van der Waals surface area contributed by atoms with Gasteiger partial charge >= 0.3 is 0 Å². The number of aliphatic hydroxyl groups is 4. The number of hydrogen-bond donors (Lipinski definition) is 4. The maximum absolute atomic E-state index is 11.1. The van der Waals surface area contributed by atoms with E-state index in [4.69, 9.17) is 18.9 Å². The normalized spacial score (nSPS) is 20.0. The SMILES string of the molecule is CCCCCCCCCCC(O)CN(CCCO[C@H]1CO[C@@H]2[C@H]1OC[C@H]2OCCCN(CC(O)CCCCCCCCCC)CC(O)CCCCCCCCCC)CC(O)CCCCCCCCCC. The number of ether oxygens (including phenoxy) is 4. The second kappa shape index (κ2) is 47.1. The number of unbranched alkanes of at least 4 members (excludes halogenated alkanes) is 28. The summed E-state index contributed by atoms with van der Waals surface area (Å²) in [6.07, 6.45) is 43.3. The fourth-order valence-corrected chi connectivity index (χ4v) is 10.9. The molecule has 2 rings (SSSR count). The van der Waals surface area contributed by atoms with Crippen LogP contribution in [0.15, 0.2) is 0 Å². The Morgan fingerprint density at radius 1 is 0.343 bits per heavy atom. The van der Waals surface area contributed by atoms with Gasteiger partial charge in [-0.3, -0.25) is 9.80 Å². The van der Waals surface area contributed by atoms with E-state index in [2.05, 4.69) is 37.5 Å². The highest BCUT2D eigenvalue weighted by Crippen LogP contribution is 2.31. The lowest BCUT2D eigenvalue weighted by molar-refractivity contribution is -0.0532. The molecule has 4 N–H and O–H groups in total. The summed E-state index contributed by atoms with van der Waals surface area (Å²) < 4.78 is 25.4. The second-order valence-corrected chi connectivity index (χ2v) is 22.3. The van der Waals surface area contributed by atoms with Crippen LogP contribution < -0.4 is 0 Å². The zero-order valence-electron chi connectivity index (χ0n) is 46.9. The monoisotopic (exact) mass is 997 g/mol. The van der Waals surface area contributed by atoms with Gasteiger partial charge in [0.2, 0.25) is 0 Å². The zero-order chi connectivity index (χ0) is 50.5. The van der Waals surface area contributed by atoms with E-state index >= 15 is 0 Å². The van der Waals surface area contributed by atoms with Crippen molar-refractivity contribution in [1.29, 1.82) is 0 Å². The number of aliphatic hydroxyl groups excluding tert-OH is 4. The van der Waals surface area contributed by atoms with Crippen molar-refractivity contribution in [3.63, 3.8) is 0 Å². The van der Waals surface area contributed by atoms with Gasteiger partial charge in [-0.25, -0.2) is 0 Å². The molecule has 70 heavy (non-hydrogen) atoms. The molecule has 4 unspecified atom stereocenters. The molecular weight excluding hydrogens is 877 g/mol. The lowest BCUT2D eigenvalue weighted by atomic mass is 10.0. The highest BCUT2D eigenvalue weighted by Gasteiger charge is 2.48. The molecule has 8 atom stereocenters. The Morgan fingerprint density at radius 3 is 0.814 bits per heavy atom. The summed E-state index contributed by atoms with van der Waals surface area (Å²) in [5, 5.41) is 44.3. The van der Waals surface area contributed by atoms with Crippen LogP contribution in [-0.4, -0.2) is 145 Å². The van der Waals surface area contributed by atoms with Crippen molar-refractivity contribution in [2.75, 3.05) is 65.7 Å². The van der Waals surface area contributed by atoms with E-state index in [0.29, 0.717) is 52.6 Å². The van der Waals surface area contributed by atoms with Crippen LogP contribution >= 0.6 is 0 Å². The number of fused-ring (bicyclic) bond motifs is 1. The molecule has 418 valence electrons. The molecule has 10 nitrogen and oxygen atoms in total. The standard InChI is InChI=1S/C60H120N2O8/c1-5-9-13-17-21-25-29-33-39-53(63)47-61(48-54(64)40-34-30-26-22-18-14-10-6-2)43-37-45-67-57-51-69-60-58(52-70-59(57)60)68-46-38-44-62(49-55(65)41-35-31-27-23-19-15-11-7-3)50-56(66)42-36-32-28-24-20-16-12-8-4/h53-60,63-66H,5-52H2,1-4H3/t53?,54?,55?,56?,57-,58+,59-,60-/m0/s1. The van der Waals surface area contributed by atoms with Gasteiger partial charge in [0.1, 0.15) is 24.4 Å². The lowest BCUT2D eigenvalue weighted by Gasteiger charge is -2.28. The zero-order valence-corrected chi connectivity index (χ0v) is 46.9. The van der Waals surface area contributed by atoms with Crippen molar-refractivity contribution in [3.05, 3.63) is 0 Å². The van der Waals surface area contributed by atoms with Crippen molar-refractivity contribution < 1.29 is 39.4 Å². The first kappa shape index (κ1) is 65.7. The first-order valence-corrected chi connectivity index (χ1v) is 30.9. The van der Waals surface area contributed by atoms with Crippen molar-refractivity contribution in [1.82, 2.24) is 9.80 Å². The Morgan fingerprint density at radius 2 is 0.571 bits per heavy atom. The van der Waals surface area contributed by atoms with Gasteiger partial charge in [0.25, 0.3) is 0 Å². The van der Waals surface area contributed by atoms with E-state index in [-0.39, 0.29) is 48.8 Å². The molecule has 2 aliphatic heterocycles.